The van der Waals surface area contributed by atoms with Crippen LogP contribution in [0.4, 0.5) is 0 Å². The molecule has 0 unspecified atom stereocenters. The van der Waals surface area contributed by atoms with Crippen molar-refractivity contribution in [1.82, 2.24) is 0 Å². The van der Waals surface area contributed by atoms with Crippen molar-refractivity contribution in [2.24, 2.45) is 0 Å². The fourth-order valence-corrected chi connectivity index (χ4v) is 0. The minimum atomic E-state index is -4.64. The van der Waals surface area contributed by atoms with E-state index in [1.165, 1.54) is 0 Å². The molecule has 0 aliphatic rings. The predicted octanol–water partition coefficient (Wildman–Crippen LogP) is -7.63. The van der Waals surface area contributed by atoms with Crippen LogP contribution in [0.25, 0.3) is 0 Å². The molecule has 0 aromatic carbocycles. The summed E-state index contributed by atoms with van der Waals surface area (Å²) in [5.41, 5.74) is 0. The third-order valence-electron chi connectivity index (χ3n) is 0. The molecule has 0 spiro atoms. The summed E-state index contributed by atoms with van der Waals surface area (Å²) in [6.45, 7) is 0. The molecule has 0 aromatic heterocycles. The molecule has 6 N–H and O–H groups in total. The molecule has 0 rings (SSSR count). The van der Waals surface area contributed by atoms with Crippen LogP contribution >= 0.6 is 15.6 Å². The van der Waals surface area contributed by atoms with E-state index in [-0.39, 0.29) is 91.8 Å². The topological polar surface area (TPSA) is 156 Å². The number of hydrogen-bond donors (Lipinski definition) is 6. The van der Waals surface area contributed by atoms with E-state index < -0.39 is 15.6 Å². The second-order valence-electron chi connectivity index (χ2n) is 1.03. The zero-order valence-electron chi connectivity index (χ0n) is 9.50. The Kier molecular flexibility index (Phi) is 55.4. The minimum Gasteiger partial charge on any atom is -1.00 e. The summed E-state index contributed by atoms with van der Waals surface area (Å²) in [5, 5.41) is 0. The maximum Gasteiger partial charge on any atom is 1.00 e. The maximum absolute atomic E-state index is 8.88. The molecule has 15 heavy (non-hydrogen) atoms. The molecule has 0 atom stereocenters. The van der Waals surface area contributed by atoms with Crippen LogP contribution in [-0.2, 0) is 60.3 Å². The third kappa shape index (κ3) is 430. The van der Waals surface area contributed by atoms with Crippen molar-refractivity contribution >= 4 is 15.6 Å². The summed E-state index contributed by atoms with van der Waals surface area (Å²) in [4.78, 5) is 43.1. The number of phosphoric acid groups is 2. The van der Waals surface area contributed by atoms with Crippen LogP contribution in [0.5, 0.6) is 0 Å². The van der Waals surface area contributed by atoms with Gasteiger partial charge < -0.3 is 32.2 Å². The van der Waals surface area contributed by atoms with Crippen molar-refractivity contribution < 1.29 is 130 Å². The van der Waals surface area contributed by atoms with Crippen LogP contribution in [0.1, 0.15) is 2.85 Å². The molecule has 0 aliphatic carbocycles. The van der Waals surface area contributed by atoms with Gasteiger partial charge in [0.25, 0.3) is 0 Å². The first-order chi connectivity index (χ1) is 4.00. The van der Waals surface area contributed by atoms with E-state index in [2.05, 4.69) is 0 Å². The SMILES string of the molecule is O=P(O)(O)O.O=P(O)(O)O.[Fe].[H-].[H-].[Li+].[Li+].[Mn].[Mn]. The first-order valence-electron chi connectivity index (χ1n) is 1.57. The Labute approximate surface area is 145 Å². The molecule has 0 aromatic rings. The normalized spacial score (nSPS) is 7.87. The van der Waals surface area contributed by atoms with Gasteiger partial charge in [-0.15, -0.1) is 0 Å². The Morgan fingerprint density at radius 1 is 0.667 bits per heavy atom. The summed E-state index contributed by atoms with van der Waals surface area (Å²) in [5.74, 6) is 0. The van der Waals surface area contributed by atoms with Gasteiger partial charge in [-0.25, -0.2) is 9.13 Å². The van der Waals surface area contributed by atoms with Crippen molar-refractivity contribution in [3.63, 3.8) is 0 Å². The summed E-state index contributed by atoms with van der Waals surface area (Å²) in [7, 11) is -9.28. The zero-order valence-corrected chi connectivity index (χ0v) is 12.8. The fourth-order valence-electron chi connectivity index (χ4n) is 0. The van der Waals surface area contributed by atoms with Gasteiger partial charge >= 0.3 is 53.4 Å². The van der Waals surface area contributed by atoms with Gasteiger partial charge in [0.1, 0.15) is 0 Å². The van der Waals surface area contributed by atoms with Gasteiger partial charge in [-0.1, -0.05) is 0 Å². The van der Waals surface area contributed by atoms with E-state index >= 15 is 0 Å². The molecule has 0 bridgehead atoms. The van der Waals surface area contributed by atoms with Gasteiger partial charge in [0.05, 0.1) is 0 Å². The second-order valence-corrected chi connectivity index (χ2v) is 3.08. The molecule has 0 saturated heterocycles. The Morgan fingerprint density at radius 2 is 0.667 bits per heavy atom. The Hall–Kier alpha value is 2.97. The summed E-state index contributed by atoms with van der Waals surface area (Å²) < 4.78 is 17.8. The van der Waals surface area contributed by atoms with Crippen molar-refractivity contribution in [3.05, 3.63) is 0 Å². The van der Waals surface area contributed by atoms with Crippen molar-refractivity contribution in [2.45, 2.75) is 0 Å². The number of hydrogen-bond acceptors (Lipinski definition) is 2. The molecular weight excluding hydrogens is 370 g/mol. The van der Waals surface area contributed by atoms with E-state index in [1.807, 2.05) is 0 Å². The predicted molar refractivity (Wildman–Crippen MR) is 30.7 cm³/mol. The van der Waals surface area contributed by atoms with Crippen LogP contribution in [-0.4, -0.2) is 29.4 Å². The first kappa shape index (κ1) is 43.0. The van der Waals surface area contributed by atoms with Gasteiger partial charge in [0.2, 0.25) is 0 Å². The van der Waals surface area contributed by atoms with E-state index in [9.17, 15) is 0 Å². The van der Waals surface area contributed by atoms with Gasteiger partial charge in [-0.05, 0) is 0 Å². The molecule has 15 heteroatoms. The average molecular weight is 378 g/mol. The monoisotopic (exact) mass is 378 g/mol. The minimum absolute atomic E-state index is 0. The van der Waals surface area contributed by atoms with Crippen LogP contribution in [0.15, 0.2) is 0 Å². The quantitative estimate of drug-likeness (QED) is 0.180. The summed E-state index contributed by atoms with van der Waals surface area (Å²) >= 11 is 0. The van der Waals surface area contributed by atoms with Gasteiger partial charge in [0, 0.05) is 51.2 Å². The van der Waals surface area contributed by atoms with Crippen molar-refractivity contribution in [2.75, 3.05) is 0 Å². The molecule has 0 amide bonds. The van der Waals surface area contributed by atoms with Crippen LogP contribution < -0.4 is 37.7 Å². The zero-order chi connectivity index (χ0) is 9.00. The third-order valence-corrected chi connectivity index (χ3v) is 0. The molecule has 0 saturated carbocycles. The summed E-state index contributed by atoms with van der Waals surface area (Å²) in [6.07, 6.45) is 0. The van der Waals surface area contributed by atoms with E-state index in [0.29, 0.717) is 0 Å². The van der Waals surface area contributed by atoms with Gasteiger partial charge in [0.15, 0.2) is 0 Å². The van der Waals surface area contributed by atoms with Crippen LogP contribution in [0, 0.1) is 0 Å². The second kappa shape index (κ2) is 19.3. The Balaban J connectivity index is -0.00000000762. The van der Waals surface area contributed by atoms with Gasteiger partial charge in [-0.2, -0.15) is 0 Å². The smallest absolute Gasteiger partial charge is 1.00 e. The molecule has 0 aliphatic heterocycles. The fraction of sp³-hybridized carbons (Fsp3) is 0. The van der Waals surface area contributed by atoms with Crippen LogP contribution in [0.2, 0.25) is 0 Å². The Morgan fingerprint density at radius 3 is 0.667 bits per heavy atom. The van der Waals surface area contributed by atoms with E-state index in [4.69, 9.17) is 38.5 Å². The van der Waals surface area contributed by atoms with E-state index in [1.54, 1.807) is 0 Å². The Bertz CT molecular complexity index is 150. The maximum atomic E-state index is 8.88. The molecule has 8 nitrogen and oxygen atoms in total. The molecule has 90 valence electrons. The average Bonchev–Trinajstić information content (AvgIpc) is 1.12. The largest absolute Gasteiger partial charge is 1.00 e. The first-order valence-corrected chi connectivity index (χ1v) is 4.70. The van der Waals surface area contributed by atoms with Gasteiger partial charge in [-0.3, -0.25) is 0 Å². The van der Waals surface area contributed by atoms with E-state index in [0.717, 1.165) is 0 Å². The number of rotatable bonds is 0. The summed E-state index contributed by atoms with van der Waals surface area (Å²) in [6, 6.07) is 0. The molecule has 0 heterocycles. The van der Waals surface area contributed by atoms with Crippen LogP contribution in [0.3, 0.4) is 0 Å². The standard InChI is InChI=1S/Fe.2Li.2Mn.2H3O4P.2H/c;;;;;2*1-5(2,3)4;;/h;;;;;2*(H3,1,2,3,4);;/q;2*+1;;;;;2*-1. The molecule has 0 fully saturated rings. The molecular formula is H8FeLi2Mn2O8P2. The van der Waals surface area contributed by atoms with Crippen molar-refractivity contribution in [1.29, 1.82) is 0 Å². The molecule has 2 radical (unpaired) electrons. The van der Waals surface area contributed by atoms with Crippen molar-refractivity contribution in [3.8, 4) is 0 Å².